The molecule has 128 valence electrons. The number of anilines is 1. The molecule has 0 aliphatic carbocycles. The number of nitrogens with one attached hydrogen (secondary N) is 1. The second-order valence-electron chi connectivity index (χ2n) is 6.30. The van der Waals surface area contributed by atoms with Crippen LogP contribution in [0.5, 0.6) is 0 Å². The molecule has 5 heteroatoms. The van der Waals surface area contributed by atoms with Crippen LogP contribution in [0.1, 0.15) is 23.1 Å². The van der Waals surface area contributed by atoms with Gasteiger partial charge in [-0.3, -0.25) is 0 Å². The highest BCUT2D eigenvalue weighted by Gasteiger charge is 2.18. The molecule has 0 saturated carbocycles. The molecule has 0 fully saturated rings. The predicted octanol–water partition coefficient (Wildman–Crippen LogP) is 2.87. The Morgan fingerprint density at radius 3 is 2.67 bits per heavy atom. The van der Waals surface area contributed by atoms with Gasteiger partial charge in [0.15, 0.2) is 0 Å². The van der Waals surface area contributed by atoms with Crippen molar-refractivity contribution in [1.82, 2.24) is 4.72 Å². The molecule has 4 nitrogen and oxygen atoms in total. The van der Waals surface area contributed by atoms with Crippen LogP contribution in [-0.2, 0) is 22.2 Å². The van der Waals surface area contributed by atoms with E-state index in [4.69, 9.17) is 0 Å². The zero-order chi connectivity index (χ0) is 17.0. The highest BCUT2D eigenvalue weighted by Crippen LogP contribution is 2.27. The van der Waals surface area contributed by atoms with E-state index in [2.05, 4.69) is 33.9 Å². The monoisotopic (exact) mass is 344 g/mol. The zero-order valence-electron chi connectivity index (χ0n) is 14.0. The average molecular weight is 344 g/mol. The largest absolute Gasteiger partial charge is 0.371 e. The van der Waals surface area contributed by atoms with Gasteiger partial charge >= 0.3 is 0 Å². The number of aryl methyl sites for hydroxylation is 1. The number of sulfonamides is 1. The van der Waals surface area contributed by atoms with Gasteiger partial charge in [0.1, 0.15) is 0 Å². The van der Waals surface area contributed by atoms with E-state index in [-0.39, 0.29) is 5.75 Å². The zero-order valence-corrected chi connectivity index (χ0v) is 14.8. The van der Waals surface area contributed by atoms with Gasteiger partial charge in [-0.05, 0) is 42.5 Å². The Morgan fingerprint density at radius 2 is 1.83 bits per heavy atom. The van der Waals surface area contributed by atoms with E-state index in [0.717, 1.165) is 37.1 Å². The van der Waals surface area contributed by atoms with Gasteiger partial charge in [-0.1, -0.05) is 42.5 Å². The maximum absolute atomic E-state index is 12.2. The smallest absolute Gasteiger partial charge is 0.215 e. The quantitative estimate of drug-likeness (QED) is 0.786. The predicted molar refractivity (Wildman–Crippen MR) is 98.8 cm³/mol. The maximum Gasteiger partial charge on any atom is 0.215 e. The minimum atomic E-state index is -3.28. The first-order valence-corrected chi connectivity index (χ1v) is 10.0. The number of rotatable bonds is 7. The summed E-state index contributed by atoms with van der Waals surface area (Å²) in [5, 5.41) is 0. The molecule has 3 rings (SSSR count). The summed E-state index contributed by atoms with van der Waals surface area (Å²) in [7, 11) is -3.28. The van der Waals surface area contributed by atoms with Crippen LogP contribution < -0.4 is 9.62 Å². The van der Waals surface area contributed by atoms with Crippen molar-refractivity contribution in [3.8, 4) is 0 Å². The van der Waals surface area contributed by atoms with Crippen molar-refractivity contribution < 1.29 is 8.42 Å². The number of para-hydroxylation sites is 1. The molecule has 0 amide bonds. The fourth-order valence-corrected chi connectivity index (χ4v) is 4.45. The molecule has 2 aromatic carbocycles. The molecule has 0 atom stereocenters. The molecule has 0 saturated heterocycles. The molecule has 0 radical (unpaired) electrons. The molecule has 24 heavy (non-hydrogen) atoms. The van der Waals surface area contributed by atoms with Crippen LogP contribution in [0.2, 0.25) is 0 Å². The van der Waals surface area contributed by atoms with Crippen LogP contribution in [0.15, 0.2) is 48.5 Å². The second-order valence-corrected chi connectivity index (χ2v) is 8.11. The fraction of sp³-hybridized carbons (Fsp3) is 0.368. The molecule has 0 aromatic heterocycles. The van der Waals surface area contributed by atoms with Crippen LogP contribution >= 0.6 is 0 Å². The lowest BCUT2D eigenvalue weighted by molar-refractivity contribution is 0.577. The van der Waals surface area contributed by atoms with Crippen LogP contribution in [0.3, 0.4) is 0 Å². The summed E-state index contributed by atoms with van der Waals surface area (Å²) in [4.78, 5) is 2.34. The number of benzene rings is 2. The van der Waals surface area contributed by atoms with E-state index in [1.54, 1.807) is 0 Å². The Bertz CT molecular complexity index is 803. The summed E-state index contributed by atoms with van der Waals surface area (Å²) in [6, 6.07) is 16.1. The third-order valence-corrected chi connectivity index (χ3v) is 5.85. The number of hydrogen-bond donors (Lipinski definition) is 1. The van der Waals surface area contributed by atoms with Crippen molar-refractivity contribution >= 4 is 15.7 Å². The summed E-state index contributed by atoms with van der Waals surface area (Å²) in [6.07, 6.45) is 1.89. The maximum atomic E-state index is 12.2. The lowest BCUT2D eigenvalue weighted by Gasteiger charge is -2.19. The molecule has 1 heterocycles. The second kappa shape index (κ2) is 7.36. The van der Waals surface area contributed by atoms with Crippen LogP contribution in [0.4, 0.5) is 5.69 Å². The van der Waals surface area contributed by atoms with Crippen LogP contribution in [0.25, 0.3) is 0 Å². The number of fused-ring (bicyclic) bond motifs is 1. The van der Waals surface area contributed by atoms with E-state index in [0.29, 0.717) is 6.54 Å². The standard InChI is InChI=1S/C19H24N2O2S/c1-16-7-2-3-9-18(16)15-24(22,23)20-12-6-13-21-14-11-17-8-4-5-10-19(17)21/h2-5,7-10,20H,6,11-15H2,1H3. The summed E-state index contributed by atoms with van der Waals surface area (Å²) < 4.78 is 27.2. The summed E-state index contributed by atoms with van der Waals surface area (Å²) in [5.74, 6) is 0.0478. The molecule has 1 aliphatic heterocycles. The van der Waals surface area contributed by atoms with Crippen LogP contribution in [0, 0.1) is 6.92 Å². The molecule has 0 spiro atoms. The van der Waals surface area contributed by atoms with Gasteiger partial charge in [0.2, 0.25) is 10.0 Å². The Hall–Kier alpha value is -1.85. The molecular formula is C19H24N2O2S. The molecule has 0 unspecified atom stereocenters. The topological polar surface area (TPSA) is 49.4 Å². The molecule has 2 aromatic rings. The normalized spacial score (nSPS) is 14.0. The Kier molecular flexibility index (Phi) is 5.21. The first-order valence-electron chi connectivity index (χ1n) is 8.40. The third kappa shape index (κ3) is 4.16. The van der Waals surface area contributed by atoms with Crippen LogP contribution in [-0.4, -0.2) is 28.1 Å². The Labute approximate surface area is 144 Å². The van der Waals surface area contributed by atoms with Gasteiger partial charge in [0.25, 0.3) is 0 Å². The van der Waals surface area contributed by atoms with Crippen molar-refractivity contribution in [3.63, 3.8) is 0 Å². The minimum Gasteiger partial charge on any atom is -0.371 e. The van der Waals surface area contributed by atoms with Gasteiger partial charge in [-0.2, -0.15) is 0 Å². The van der Waals surface area contributed by atoms with Gasteiger partial charge < -0.3 is 4.90 Å². The van der Waals surface area contributed by atoms with Crippen molar-refractivity contribution in [3.05, 3.63) is 65.2 Å². The average Bonchev–Trinajstić information content (AvgIpc) is 2.97. The summed E-state index contributed by atoms with van der Waals surface area (Å²) >= 11 is 0. The lowest BCUT2D eigenvalue weighted by atomic mass is 10.1. The number of nitrogens with zero attached hydrogens (tertiary/aromatic N) is 1. The van der Waals surface area contributed by atoms with Gasteiger partial charge in [0, 0.05) is 25.3 Å². The van der Waals surface area contributed by atoms with Crippen molar-refractivity contribution in [1.29, 1.82) is 0 Å². The third-order valence-electron chi connectivity index (χ3n) is 4.52. The highest BCUT2D eigenvalue weighted by atomic mass is 32.2. The Morgan fingerprint density at radius 1 is 1.08 bits per heavy atom. The summed E-state index contributed by atoms with van der Waals surface area (Å²) in [5.41, 5.74) is 4.55. The lowest BCUT2D eigenvalue weighted by Crippen LogP contribution is -2.30. The first kappa shape index (κ1) is 17.0. The summed E-state index contributed by atoms with van der Waals surface area (Å²) in [6.45, 7) is 4.32. The molecule has 1 aliphatic rings. The van der Waals surface area contributed by atoms with E-state index >= 15 is 0 Å². The minimum absolute atomic E-state index is 0.0478. The van der Waals surface area contributed by atoms with E-state index in [9.17, 15) is 8.42 Å². The molecule has 1 N–H and O–H groups in total. The van der Waals surface area contributed by atoms with Gasteiger partial charge in [0.05, 0.1) is 5.75 Å². The van der Waals surface area contributed by atoms with Gasteiger partial charge in [-0.25, -0.2) is 13.1 Å². The number of hydrogen-bond acceptors (Lipinski definition) is 3. The molecular weight excluding hydrogens is 320 g/mol. The Balaban J connectivity index is 1.47. The first-order chi connectivity index (χ1) is 11.6. The highest BCUT2D eigenvalue weighted by molar-refractivity contribution is 7.88. The van der Waals surface area contributed by atoms with E-state index < -0.39 is 10.0 Å². The van der Waals surface area contributed by atoms with E-state index in [1.165, 1.54) is 11.3 Å². The van der Waals surface area contributed by atoms with Crippen molar-refractivity contribution in [2.75, 3.05) is 24.5 Å². The fourth-order valence-electron chi connectivity index (χ4n) is 3.16. The van der Waals surface area contributed by atoms with Crippen molar-refractivity contribution in [2.24, 2.45) is 0 Å². The van der Waals surface area contributed by atoms with Gasteiger partial charge in [-0.15, -0.1) is 0 Å². The molecule has 0 bridgehead atoms. The van der Waals surface area contributed by atoms with E-state index in [1.807, 2.05) is 31.2 Å². The van der Waals surface area contributed by atoms with Crippen molar-refractivity contribution in [2.45, 2.75) is 25.5 Å². The SMILES string of the molecule is Cc1ccccc1CS(=O)(=O)NCCCN1CCc2ccccc21.